The summed E-state index contributed by atoms with van der Waals surface area (Å²) in [7, 11) is 0. The molecule has 0 aromatic heterocycles. The van der Waals surface area contributed by atoms with Gasteiger partial charge in [-0.05, 0) is 56.0 Å². The topological polar surface area (TPSA) is 121 Å². The van der Waals surface area contributed by atoms with Crippen molar-refractivity contribution in [2.75, 3.05) is 0 Å². The van der Waals surface area contributed by atoms with Gasteiger partial charge in [-0.2, -0.15) is 0 Å². The van der Waals surface area contributed by atoms with E-state index in [2.05, 4.69) is 0 Å². The van der Waals surface area contributed by atoms with E-state index < -0.39 is 11.9 Å². The molecule has 0 atom stereocenters. The zero-order chi connectivity index (χ0) is 28.6. The Hall–Kier alpha value is -2.10. The van der Waals surface area contributed by atoms with Gasteiger partial charge in [-0.25, -0.2) is 9.59 Å². The number of carbonyl (C=O) groups is 2. The van der Waals surface area contributed by atoms with Crippen LogP contribution in [0.1, 0.15) is 126 Å². The Balaban J connectivity index is 0.000000682. The molecule has 2 N–H and O–H groups in total. The number of hydrogen-bond acceptors (Lipinski definition) is 4. The second kappa shape index (κ2) is 11.7. The van der Waals surface area contributed by atoms with Crippen LogP contribution in [0.5, 0.6) is 11.5 Å². The fraction of sp³-hybridized carbons (Fsp3) is 0.533. The van der Waals surface area contributed by atoms with Gasteiger partial charge in [0.1, 0.15) is 0 Å². The van der Waals surface area contributed by atoms with Crippen LogP contribution in [0.3, 0.4) is 0 Å². The quantitative estimate of drug-likeness (QED) is 0.386. The van der Waals surface area contributed by atoms with Crippen molar-refractivity contribution in [3.05, 3.63) is 57.6 Å². The molecule has 0 bridgehead atoms. The van der Waals surface area contributed by atoms with Crippen LogP contribution < -0.4 is 10.2 Å². The minimum Gasteiger partial charge on any atom is -0.872 e. The van der Waals surface area contributed by atoms with Crippen LogP contribution in [-0.2, 0) is 21.7 Å². The SMILES string of the molecule is CC(C)(C)c1cc(C(=O)O)c([O-])c(C(C)(C)C)c1.CC(C)(C)c1cc(C(=O)O)c([O-])c(C(C)(C)C)c1.[Pb+2]. The van der Waals surface area contributed by atoms with Crippen LogP contribution in [0.15, 0.2) is 24.3 Å². The zero-order valence-electron chi connectivity index (χ0n) is 24.3. The van der Waals surface area contributed by atoms with Gasteiger partial charge in [-0.1, -0.05) is 107 Å². The van der Waals surface area contributed by atoms with E-state index in [9.17, 15) is 19.8 Å². The standard InChI is InChI=1S/2C15H22O3.Pb/c2*1-14(2,3)9-7-10(13(17)18)12(16)11(8-9)15(4,5)6;/h2*7-8,16H,1-6H3,(H,17,18);/q;;+2/p-2. The van der Waals surface area contributed by atoms with Crippen molar-refractivity contribution in [1.29, 1.82) is 0 Å². The molecule has 6 nitrogen and oxygen atoms in total. The minimum atomic E-state index is -1.16. The molecule has 0 unspecified atom stereocenters. The molecule has 0 saturated heterocycles. The van der Waals surface area contributed by atoms with E-state index >= 15 is 0 Å². The van der Waals surface area contributed by atoms with Gasteiger partial charge in [0.25, 0.3) is 0 Å². The maximum atomic E-state index is 12.2. The van der Waals surface area contributed by atoms with E-state index in [1.807, 2.05) is 95.2 Å². The predicted molar refractivity (Wildman–Crippen MR) is 146 cm³/mol. The normalized spacial score (nSPS) is 12.2. The second-order valence-electron chi connectivity index (χ2n) is 13.4. The molecule has 0 spiro atoms. The Morgan fingerprint density at radius 3 is 0.946 bits per heavy atom. The first-order chi connectivity index (χ1) is 15.9. The van der Waals surface area contributed by atoms with E-state index in [4.69, 9.17) is 10.2 Å². The summed E-state index contributed by atoms with van der Waals surface area (Å²) in [5, 5.41) is 42.6. The molecule has 2 aromatic carbocycles. The molecule has 0 aliphatic heterocycles. The number of rotatable bonds is 2. The fourth-order valence-corrected chi connectivity index (χ4v) is 3.56. The summed E-state index contributed by atoms with van der Waals surface area (Å²) in [5.41, 5.74) is 1.54. The summed E-state index contributed by atoms with van der Waals surface area (Å²) >= 11 is 0. The molecule has 0 heterocycles. The molecular formula is C30H42O6Pb. The molecule has 0 aliphatic carbocycles. The van der Waals surface area contributed by atoms with Crippen molar-refractivity contribution in [3.63, 3.8) is 0 Å². The number of benzene rings is 2. The van der Waals surface area contributed by atoms with Gasteiger partial charge >= 0.3 is 39.2 Å². The van der Waals surface area contributed by atoms with Crippen molar-refractivity contribution >= 4 is 39.2 Å². The van der Waals surface area contributed by atoms with Crippen LogP contribution in [0.2, 0.25) is 0 Å². The van der Waals surface area contributed by atoms with E-state index in [0.717, 1.165) is 11.1 Å². The van der Waals surface area contributed by atoms with Crippen LogP contribution in [0.4, 0.5) is 0 Å². The van der Waals surface area contributed by atoms with Crippen molar-refractivity contribution in [2.24, 2.45) is 0 Å². The average Bonchev–Trinajstić information content (AvgIpc) is 2.64. The van der Waals surface area contributed by atoms with Gasteiger partial charge in [-0.3, -0.25) is 0 Å². The van der Waals surface area contributed by atoms with Crippen LogP contribution in [-0.4, -0.2) is 49.5 Å². The minimum absolute atomic E-state index is 0. The van der Waals surface area contributed by atoms with E-state index in [0.29, 0.717) is 11.1 Å². The molecule has 2 aromatic rings. The van der Waals surface area contributed by atoms with E-state index in [1.165, 1.54) is 12.1 Å². The van der Waals surface area contributed by atoms with Crippen molar-refractivity contribution < 1.29 is 30.0 Å². The van der Waals surface area contributed by atoms with Gasteiger partial charge in [0.2, 0.25) is 0 Å². The fourth-order valence-electron chi connectivity index (χ4n) is 3.56. The Kier molecular flexibility index (Phi) is 11.1. The Morgan fingerprint density at radius 1 is 0.541 bits per heavy atom. The Bertz CT molecular complexity index is 1050. The largest absolute Gasteiger partial charge is 2.00 e. The van der Waals surface area contributed by atoms with Gasteiger partial charge in [-0.15, -0.1) is 0 Å². The number of aromatic carboxylic acids is 2. The maximum Gasteiger partial charge on any atom is 2.00 e. The van der Waals surface area contributed by atoms with Gasteiger partial charge in [0, 0.05) is 0 Å². The van der Waals surface area contributed by atoms with Crippen molar-refractivity contribution in [1.82, 2.24) is 0 Å². The zero-order valence-corrected chi connectivity index (χ0v) is 28.2. The average molecular weight is 706 g/mol. The van der Waals surface area contributed by atoms with Gasteiger partial charge < -0.3 is 20.4 Å². The molecule has 0 aliphatic rings. The Labute approximate surface area is 242 Å². The summed E-state index contributed by atoms with van der Waals surface area (Å²) in [6, 6.07) is 6.68. The first-order valence-electron chi connectivity index (χ1n) is 12.1. The molecule has 2 rings (SSSR count). The summed E-state index contributed by atoms with van der Waals surface area (Å²) < 4.78 is 0. The molecular weight excluding hydrogens is 664 g/mol. The van der Waals surface area contributed by atoms with Gasteiger partial charge in [0.15, 0.2) is 0 Å². The molecule has 0 fully saturated rings. The van der Waals surface area contributed by atoms with Gasteiger partial charge in [0.05, 0.1) is 11.1 Å². The first-order valence-corrected chi connectivity index (χ1v) is 12.1. The number of carboxylic acid groups (broad SMARTS) is 2. The molecule has 0 amide bonds. The maximum absolute atomic E-state index is 12.2. The van der Waals surface area contributed by atoms with Crippen LogP contribution >= 0.6 is 0 Å². The third-order valence-electron chi connectivity index (χ3n) is 5.99. The third-order valence-corrected chi connectivity index (χ3v) is 5.99. The second-order valence-corrected chi connectivity index (χ2v) is 13.4. The van der Waals surface area contributed by atoms with E-state index in [1.54, 1.807) is 0 Å². The summed E-state index contributed by atoms with van der Waals surface area (Å²) in [6.45, 7) is 23.5. The molecule has 7 heteroatoms. The third kappa shape index (κ3) is 9.00. The summed E-state index contributed by atoms with van der Waals surface area (Å²) in [6.07, 6.45) is 0. The predicted octanol–water partition coefficient (Wildman–Crippen LogP) is 5.73. The Morgan fingerprint density at radius 2 is 0.784 bits per heavy atom. The van der Waals surface area contributed by atoms with Crippen LogP contribution in [0, 0.1) is 0 Å². The summed E-state index contributed by atoms with van der Waals surface area (Å²) in [5.74, 6) is -3.06. The molecule has 0 saturated carbocycles. The number of carboxylic acids is 2. The molecule has 202 valence electrons. The molecule has 37 heavy (non-hydrogen) atoms. The smallest absolute Gasteiger partial charge is 0.872 e. The van der Waals surface area contributed by atoms with Crippen molar-refractivity contribution in [2.45, 2.75) is 105 Å². The first kappa shape index (κ1) is 34.9. The van der Waals surface area contributed by atoms with E-state index in [-0.39, 0.29) is 71.6 Å². The monoisotopic (exact) mass is 706 g/mol. The van der Waals surface area contributed by atoms with Crippen molar-refractivity contribution in [3.8, 4) is 11.5 Å². The summed E-state index contributed by atoms with van der Waals surface area (Å²) in [4.78, 5) is 22.4. The number of hydrogen-bond donors (Lipinski definition) is 2. The molecule has 2 radical (unpaired) electrons. The van der Waals surface area contributed by atoms with Crippen LogP contribution in [0.25, 0.3) is 0 Å².